The lowest BCUT2D eigenvalue weighted by Crippen LogP contribution is -2.38. The largest absolute Gasteiger partial charge is 0.481 e. The number of carboxylic acids is 1. The van der Waals surface area contributed by atoms with Gasteiger partial charge in [-0.2, -0.15) is 8.78 Å². The molecule has 0 bridgehead atoms. The van der Waals surface area contributed by atoms with Crippen LogP contribution in [-0.2, 0) is 11.2 Å². The van der Waals surface area contributed by atoms with Crippen molar-refractivity contribution in [3.05, 3.63) is 71.7 Å². The number of para-hydroxylation sites is 1. The first-order valence-corrected chi connectivity index (χ1v) is 12.3. The molecule has 8 nitrogen and oxygen atoms in total. The second-order valence-electron chi connectivity index (χ2n) is 9.90. The van der Waals surface area contributed by atoms with Crippen LogP contribution in [0.3, 0.4) is 0 Å². The van der Waals surface area contributed by atoms with Gasteiger partial charge < -0.3 is 19.1 Å². The molecule has 1 aliphatic carbocycles. The lowest BCUT2D eigenvalue weighted by atomic mass is 9.96. The van der Waals surface area contributed by atoms with Gasteiger partial charge in [-0.3, -0.25) is 4.79 Å². The van der Waals surface area contributed by atoms with E-state index in [2.05, 4.69) is 19.7 Å². The molecule has 2 atom stereocenters. The molecule has 0 unspecified atom stereocenters. The first-order valence-electron chi connectivity index (χ1n) is 12.3. The van der Waals surface area contributed by atoms with E-state index >= 15 is 4.39 Å². The summed E-state index contributed by atoms with van der Waals surface area (Å²) in [6.07, 6.45) is 6.19. The van der Waals surface area contributed by atoms with Crippen molar-refractivity contribution < 1.29 is 27.8 Å². The second-order valence-corrected chi connectivity index (χ2v) is 9.90. The number of carbonyl (C=O) groups is 1. The van der Waals surface area contributed by atoms with Crippen LogP contribution in [0.2, 0.25) is 0 Å². The summed E-state index contributed by atoms with van der Waals surface area (Å²) in [7, 11) is 0. The van der Waals surface area contributed by atoms with E-state index in [1.54, 1.807) is 48.1 Å². The van der Waals surface area contributed by atoms with Crippen molar-refractivity contribution in [1.29, 1.82) is 0 Å². The van der Waals surface area contributed by atoms with Crippen LogP contribution < -0.4 is 9.64 Å². The quantitative estimate of drug-likeness (QED) is 0.374. The van der Waals surface area contributed by atoms with Crippen molar-refractivity contribution in [3.63, 3.8) is 0 Å². The van der Waals surface area contributed by atoms with Crippen molar-refractivity contribution in [2.75, 3.05) is 18.0 Å². The molecule has 2 fully saturated rings. The topological polar surface area (TPSA) is 92.9 Å². The van der Waals surface area contributed by atoms with Crippen LogP contribution >= 0.6 is 0 Å². The number of halogens is 3. The molecule has 6 rings (SSSR count). The Kier molecular flexibility index (Phi) is 5.73. The first-order chi connectivity index (χ1) is 18.2. The molecule has 0 radical (unpaired) electrons. The molecule has 3 aromatic heterocycles. The Bertz CT molecular complexity index is 1540. The summed E-state index contributed by atoms with van der Waals surface area (Å²) in [5.41, 5.74) is 2.44. The average Bonchev–Trinajstić information content (AvgIpc) is 3.57. The number of fused-ring (bicyclic) bond motifs is 2. The fourth-order valence-corrected chi connectivity index (χ4v) is 5.49. The maximum atomic E-state index is 15.1. The van der Waals surface area contributed by atoms with Crippen LogP contribution in [0.25, 0.3) is 16.8 Å². The van der Waals surface area contributed by atoms with Crippen molar-refractivity contribution >= 4 is 17.6 Å². The number of aliphatic carboxylic acids is 1. The Labute approximate surface area is 215 Å². The maximum Gasteiger partial charge on any atom is 0.387 e. The van der Waals surface area contributed by atoms with Crippen LogP contribution in [0.4, 0.5) is 19.1 Å². The van der Waals surface area contributed by atoms with E-state index in [0.717, 1.165) is 0 Å². The van der Waals surface area contributed by atoms with Gasteiger partial charge in [0, 0.05) is 66.6 Å². The van der Waals surface area contributed by atoms with E-state index in [1.807, 2.05) is 4.90 Å². The highest BCUT2D eigenvalue weighted by atomic mass is 19.3. The van der Waals surface area contributed by atoms with E-state index in [9.17, 15) is 18.7 Å². The van der Waals surface area contributed by atoms with Crippen LogP contribution in [-0.4, -0.2) is 50.1 Å². The van der Waals surface area contributed by atoms with E-state index < -0.39 is 23.8 Å². The van der Waals surface area contributed by atoms with Gasteiger partial charge in [-0.05, 0) is 31.7 Å². The lowest BCUT2D eigenvalue weighted by Gasteiger charge is -2.29. The van der Waals surface area contributed by atoms with Crippen molar-refractivity contribution in [2.45, 2.75) is 32.8 Å². The molecule has 11 heteroatoms. The number of pyridine rings is 1. The summed E-state index contributed by atoms with van der Waals surface area (Å²) in [6, 6.07) is 7.87. The second kappa shape index (κ2) is 9.00. The molecule has 196 valence electrons. The van der Waals surface area contributed by atoms with Crippen LogP contribution in [0.15, 0.2) is 48.9 Å². The third-order valence-electron chi connectivity index (χ3n) is 7.71. The van der Waals surface area contributed by atoms with Gasteiger partial charge in [-0.15, -0.1) is 0 Å². The van der Waals surface area contributed by atoms with E-state index in [0.29, 0.717) is 60.0 Å². The molecule has 2 aliphatic rings. The van der Waals surface area contributed by atoms with Crippen molar-refractivity contribution in [3.8, 4) is 16.9 Å². The zero-order valence-corrected chi connectivity index (χ0v) is 20.4. The number of ether oxygens (including phenoxy) is 1. The Hall–Kier alpha value is -4.15. The summed E-state index contributed by atoms with van der Waals surface area (Å²) >= 11 is 0. The number of nitrogens with zero attached hydrogens (tertiary/aromatic N) is 5. The zero-order chi connectivity index (χ0) is 26.6. The Balaban J connectivity index is 1.28. The maximum absolute atomic E-state index is 15.1. The summed E-state index contributed by atoms with van der Waals surface area (Å²) in [6.45, 7) is -0.0274. The number of carboxylic acid groups (broad SMARTS) is 1. The lowest BCUT2D eigenvalue weighted by molar-refractivity contribution is -0.144. The summed E-state index contributed by atoms with van der Waals surface area (Å²) in [5, 5.41) is 9.48. The number of anilines is 1. The third-order valence-corrected chi connectivity index (χ3v) is 7.71. The molecular weight excluding hydrogens is 499 g/mol. The van der Waals surface area contributed by atoms with Gasteiger partial charge in [0.1, 0.15) is 17.2 Å². The number of benzene rings is 1. The standard InChI is InChI=1S/C27H24F3N5O3/c1-15-21(8-16-4-2-3-5-22(16)38-25(29)30)35-14-19(20(28)9-23(35)33-15)17-11-31-26(32-12-17)34-7-6-27(24(36)37)10-18(27)13-34/h2-5,9,11-12,14,18,25H,6-8,10,13H2,1H3,(H,36,37)/t18-,27+/m1/s1. The third kappa shape index (κ3) is 4.11. The molecular formula is C27H24F3N5O3. The SMILES string of the molecule is Cc1nc2cc(F)c(-c3cnc(N4CC[C@]5(C(=O)O)C[C@@H]5C4)nc3)cn2c1Cc1ccccc1OC(F)F. The van der Waals surface area contributed by atoms with Crippen LogP contribution in [0.1, 0.15) is 29.8 Å². The Morgan fingerprint density at radius 1 is 1.26 bits per heavy atom. The number of aryl methyl sites for hydroxylation is 1. The van der Waals surface area contributed by atoms with E-state index in [-0.39, 0.29) is 23.7 Å². The predicted octanol–water partition coefficient (Wildman–Crippen LogP) is 4.73. The number of rotatable bonds is 7. The number of imidazole rings is 1. The molecule has 1 saturated carbocycles. The number of hydrogen-bond donors (Lipinski definition) is 1. The highest BCUT2D eigenvalue weighted by Gasteiger charge is 2.62. The Morgan fingerprint density at radius 3 is 2.74 bits per heavy atom. The van der Waals surface area contributed by atoms with Gasteiger partial charge in [0.15, 0.2) is 0 Å². The highest BCUT2D eigenvalue weighted by Crippen LogP contribution is 2.58. The summed E-state index contributed by atoms with van der Waals surface area (Å²) in [5.74, 6) is -0.572. The van der Waals surface area contributed by atoms with Crippen LogP contribution in [0.5, 0.6) is 5.75 Å². The summed E-state index contributed by atoms with van der Waals surface area (Å²) in [4.78, 5) is 26.9. The first kappa shape index (κ1) is 24.2. The number of alkyl halides is 2. The molecule has 4 aromatic rings. The minimum Gasteiger partial charge on any atom is -0.481 e. The van der Waals surface area contributed by atoms with E-state index in [1.165, 1.54) is 12.1 Å². The molecule has 1 saturated heterocycles. The normalized spacial score (nSPS) is 20.6. The van der Waals surface area contributed by atoms with Gasteiger partial charge in [-0.25, -0.2) is 19.3 Å². The average molecular weight is 524 g/mol. The number of piperidine rings is 1. The molecule has 0 spiro atoms. The Morgan fingerprint density at radius 2 is 2.03 bits per heavy atom. The molecule has 38 heavy (non-hydrogen) atoms. The minimum absolute atomic E-state index is 0.0766. The van der Waals surface area contributed by atoms with E-state index in [4.69, 9.17) is 0 Å². The van der Waals surface area contributed by atoms with Gasteiger partial charge in [0.2, 0.25) is 5.95 Å². The van der Waals surface area contributed by atoms with Crippen molar-refractivity contribution in [1.82, 2.24) is 19.4 Å². The van der Waals surface area contributed by atoms with Gasteiger partial charge >= 0.3 is 12.6 Å². The molecule has 1 aromatic carbocycles. The minimum atomic E-state index is -2.95. The fraction of sp³-hybridized carbons (Fsp3) is 0.333. The van der Waals surface area contributed by atoms with Gasteiger partial charge in [0.05, 0.1) is 11.1 Å². The molecule has 0 amide bonds. The predicted molar refractivity (Wildman–Crippen MR) is 132 cm³/mol. The smallest absolute Gasteiger partial charge is 0.387 e. The molecule has 1 N–H and O–H groups in total. The monoisotopic (exact) mass is 523 g/mol. The van der Waals surface area contributed by atoms with Crippen molar-refractivity contribution in [2.24, 2.45) is 11.3 Å². The number of hydrogen-bond acceptors (Lipinski definition) is 6. The molecule has 1 aliphatic heterocycles. The van der Waals surface area contributed by atoms with Crippen LogP contribution in [0, 0.1) is 24.1 Å². The highest BCUT2D eigenvalue weighted by molar-refractivity contribution is 5.79. The zero-order valence-electron chi connectivity index (χ0n) is 20.4. The number of aromatic nitrogens is 4. The van der Waals surface area contributed by atoms with Gasteiger partial charge in [0.25, 0.3) is 0 Å². The fourth-order valence-electron chi connectivity index (χ4n) is 5.49. The molecule has 4 heterocycles. The summed E-state index contributed by atoms with van der Waals surface area (Å²) < 4.78 is 47.3. The van der Waals surface area contributed by atoms with Gasteiger partial charge in [-0.1, -0.05) is 18.2 Å².